The van der Waals surface area contributed by atoms with E-state index >= 15 is 0 Å². The number of benzene rings is 1. The summed E-state index contributed by atoms with van der Waals surface area (Å²) in [6.45, 7) is 2.28. The van der Waals surface area contributed by atoms with Crippen molar-refractivity contribution in [2.75, 3.05) is 13.1 Å². The molecule has 17 heavy (non-hydrogen) atoms. The van der Waals surface area contributed by atoms with Gasteiger partial charge in [-0.3, -0.25) is 4.79 Å². The molecule has 0 aliphatic carbocycles. The highest BCUT2D eigenvalue weighted by Crippen LogP contribution is 2.14. The first-order valence-electron chi connectivity index (χ1n) is 5.89. The molecule has 1 fully saturated rings. The van der Waals surface area contributed by atoms with Crippen molar-refractivity contribution in [3.8, 4) is 0 Å². The van der Waals surface area contributed by atoms with E-state index in [1.54, 1.807) is 0 Å². The van der Waals surface area contributed by atoms with Crippen LogP contribution in [0.1, 0.15) is 35.2 Å². The summed E-state index contributed by atoms with van der Waals surface area (Å²) in [6, 6.07) is 7.62. The summed E-state index contributed by atoms with van der Waals surface area (Å²) in [5, 5.41) is 0. The van der Waals surface area contributed by atoms with Crippen LogP contribution in [0.25, 0.3) is 0 Å². The van der Waals surface area contributed by atoms with Crippen LogP contribution in [0.15, 0.2) is 24.3 Å². The minimum atomic E-state index is 0. The quantitative estimate of drug-likeness (QED) is 0.880. The third-order valence-electron chi connectivity index (χ3n) is 3.05. The maximum atomic E-state index is 12.2. The van der Waals surface area contributed by atoms with Gasteiger partial charge in [0.2, 0.25) is 0 Å². The Kier molecular flexibility index (Phi) is 5.45. The lowest BCUT2D eigenvalue weighted by atomic mass is 10.1. The third kappa shape index (κ3) is 3.45. The minimum Gasteiger partial charge on any atom is -0.339 e. The molecule has 1 aliphatic heterocycles. The van der Waals surface area contributed by atoms with Gasteiger partial charge in [0, 0.05) is 25.2 Å². The largest absolute Gasteiger partial charge is 0.339 e. The van der Waals surface area contributed by atoms with E-state index in [4.69, 9.17) is 5.73 Å². The molecule has 94 valence electrons. The van der Waals surface area contributed by atoms with Crippen LogP contribution < -0.4 is 5.73 Å². The Balaban J connectivity index is 0.00000144. The first-order valence-corrected chi connectivity index (χ1v) is 5.89. The number of piperidine rings is 1. The van der Waals surface area contributed by atoms with E-state index in [2.05, 4.69) is 0 Å². The maximum absolute atomic E-state index is 12.2. The van der Waals surface area contributed by atoms with Gasteiger partial charge in [0.15, 0.2) is 0 Å². The average molecular weight is 255 g/mol. The Bertz CT molecular complexity index is 375. The van der Waals surface area contributed by atoms with E-state index in [0.29, 0.717) is 6.54 Å². The van der Waals surface area contributed by atoms with Crippen LogP contribution in [0, 0.1) is 0 Å². The molecular formula is C13H19ClN2O. The first kappa shape index (κ1) is 14.0. The highest BCUT2D eigenvalue weighted by atomic mass is 35.5. The van der Waals surface area contributed by atoms with E-state index in [1.807, 2.05) is 29.2 Å². The predicted molar refractivity (Wildman–Crippen MR) is 71.3 cm³/mol. The number of carbonyl (C=O) groups excluding carboxylic acids is 1. The molecule has 1 heterocycles. The van der Waals surface area contributed by atoms with Crippen molar-refractivity contribution in [1.29, 1.82) is 0 Å². The Labute approximate surface area is 108 Å². The number of hydrogen-bond acceptors (Lipinski definition) is 2. The van der Waals surface area contributed by atoms with Crippen molar-refractivity contribution in [3.05, 3.63) is 35.4 Å². The van der Waals surface area contributed by atoms with Crippen LogP contribution in [0.3, 0.4) is 0 Å². The van der Waals surface area contributed by atoms with Crippen LogP contribution in [0.5, 0.6) is 0 Å². The summed E-state index contributed by atoms with van der Waals surface area (Å²) >= 11 is 0. The number of halogens is 1. The van der Waals surface area contributed by atoms with Gasteiger partial charge < -0.3 is 10.6 Å². The van der Waals surface area contributed by atoms with Crippen molar-refractivity contribution in [1.82, 2.24) is 4.90 Å². The zero-order valence-corrected chi connectivity index (χ0v) is 10.7. The van der Waals surface area contributed by atoms with Crippen LogP contribution >= 0.6 is 12.4 Å². The standard InChI is InChI=1S/C13H18N2O.ClH/c14-10-11-5-4-6-12(9-11)13(16)15-7-2-1-3-8-15;/h4-6,9H,1-3,7-8,10,14H2;1H. The number of hydrogen-bond donors (Lipinski definition) is 1. The number of nitrogens with two attached hydrogens (primary N) is 1. The van der Waals surface area contributed by atoms with Gasteiger partial charge in [-0.05, 0) is 37.0 Å². The zero-order chi connectivity index (χ0) is 11.4. The topological polar surface area (TPSA) is 46.3 Å². The lowest BCUT2D eigenvalue weighted by Crippen LogP contribution is -2.35. The lowest BCUT2D eigenvalue weighted by Gasteiger charge is -2.26. The number of amides is 1. The molecule has 2 rings (SSSR count). The minimum absolute atomic E-state index is 0. The zero-order valence-electron chi connectivity index (χ0n) is 9.89. The molecule has 0 spiro atoms. The summed E-state index contributed by atoms with van der Waals surface area (Å²) in [4.78, 5) is 14.1. The third-order valence-corrected chi connectivity index (χ3v) is 3.05. The summed E-state index contributed by atoms with van der Waals surface area (Å²) in [6.07, 6.45) is 3.50. The van der Waals surface area contributed by atoms with Gasteiger partial charge in [0.25, 0.3) is 5.91 Å². The number of carbonyl (C=O) groups is 1. The van der Waals surface area contributed by atoms with E-state index in [0.717, 1.165) is 37.1 Å². The summed E-state index contributed by atoms with van der Waals surface area (Å²) in [5.74, 6) is 0.148. The van der Waals surface area contributed by atoms with E-state index < -0.39 is 0 Å². The second kappa shape index (κ2) is 6.62. The van der Waals surface area contributed by atoms with Crippen molar-refractivity contribution in [2.45, 2.75) is 25.8 Å². The van der Waals surface area contributed by atoms with E-state index in [-0.39, 0.29) is 18.3 Å². The molecule has 1 aliphatic rings. The van der Waals surface area contributed by atoms with Gasteiger partial charge in [-0.1, -0.05) is 12.1 Å². The van der Waals surface area contributed by atoms with Crippen molar-refractivity contribution in [3.63, 3.8) is 0 Å². The average Bonchev–Trinajstić information content (AvgIpc) is 2.39. The fraction of sp³-hybridized carbons (Fsp3) is 0.462. The SMILES string of the molecule is Cl.NCc1cccc(C(=O)N2CCCCC2)c1. The maximum Gasteiger partial charge on any atom is 0.253 e. The number of rotatable bonds is 2. The molecule has 4 heteroatoms. The number of nitrogens with zero attached hydrogens (tertiary/aromatic N) is 1. The molecule has 0 atom stereocenters. The van der Waals surface area contributed by atoms with Gasteiger partial charge in [-0.25, -0.2) is 0 Å². The highest BCUT2D eigenvalue weighted by molar-refractivity contribution is 5.94. The molecule has 0 saturated carbocycles. The lowest BCUT2D eigenvalue weighted by molar-refractivity contribution is 0.0724. The summed E-state index contributed by atoms with van der Waals surface area (Å²) in [5.41, 5.74) is 7.36. The van der Waals surface area contributed by atoms with Crippen molar-refractivity contribution < 1.29 is 4.79 Å². The Morgan fingerprint density at radius 2 is 1.94 bits per heavy atom. The van der Waals surface area contributed by atoms with Crippen molar-refractivity contribution >= 4 is 18.3 Å². The molecule has 0 unspecified atom stereocenters. The van der Waals surface area contributed by atoms with E-state index in [9.17, 15) is 4.79 Å². The second-order valence-electron chi connectivity index (χ2n) is 4.26. The summed E-state index contributed by atoms with van der Waals surface area (Å²) in [7, 11) is 0. The molecule has 3 nitrogen and oxygen atoms in total. The number of likely N-dealkylation sites (tertiary alicyclic amines) is 1. The Morgan fingerprint density at radius 3 is 2.59 bits per heavy atom. The molecule has 1 aromatic rings. The van der Waals surface area contributed by atoms with Gasteiger partial charge in [0.1, 0.15) is 0 Å². The van der Waals surface area contributed by atoms with Gasteiger partial charge >= 0.3 is 0 Å². The monoisotopic (exact) mass is 254 g/mol. The Morgan fingerprint density at radius 1 is 1.24 bits per heavy atom. The molecule has 1 aromatic carbocycles. The van der Waals surface area contributed by atoms with Crippen LogP contribution in [0.2, 0.25) is 0 Å². The molecule has 0 aromatic heterocycles. The molecular weight excluding hydrogens is 236 g/mol. The molecule has 0 radical (unpaired) electrons. The molecule has 1 saturated heterocycles. The van der Waals surface area contributed by atoms with Gasteiger partial charge in [-0.2, -0.15) is 0 Å². The van der Waals surface area contributed by atoms with Crippen LogP contribution in [0.4, 0.5) is 0 Å². The Hall–Kier alpha value is -1.06. The second-order valence-corrected chi connectivity index (χ2v) is 4.26. The van der Waals surface area contributed by atoms with Crippen LogP contribution in [-0.4, -0.2) is 23.9 Å². The van der Waals surface area contributed by atoms with Gasteiger partial charge in [0.05, 0.1) is 0 Å². The molecule has 1 amide bonds. The smallest absolute Gasteiger partial charge is 0.253 e. The normalized spacial score (nSPS) is 15.2. The van der Waals surface area contributed by atoms with Gasteiger partial charge in [-0.15, -0.1) is 12.4 Å². The highest BCUT2D eigenvalue weighted by Gasteiger charge is 2.17. The molecule has 2 N–H and O–H groups in total. The fourth-order valence-corrected chi connectivity index (χ4v) is 2.11. The first-order chi connectivity index (χ1) is 7.81. The molecule has 0 bridgehead atoms. The van der Waals surface area contributed by atoms with E-state index in [1.165, 1.54) is 6.42 Å². The predicted octanol–water partition coefficient (Wildman–Crippen LogP) is 2.19. The summed E-state index contributed by atoms with van der Waals surface area (Å²) < 4.78 is 0. The van der Waals surface area contributed by atoms with Crippen LogP contribution in [-0.2, 0) is 6.54 Å². The van der Waals surface area contributed by atoms with Crippen molar-refractivity contribution in [2.24, 2.45) is 5.73 Å². The fourth-order valence-electron chi connectivity index (χ4n) is 2.11.